The average Bonchev–Trinajstić information content (AvgIpc) is 3.12. The number of aryl methyl sites for hydroxylation is 1. The van der Waals surface area contributed by atoms with Gasteiger partial charge in [0.05, 0.1) is 5.60 Å². The van der Waals surface area contributed by atoms with Crippen LogP contribution in [0.25, 0.3) is 0 Å². The molecule has 1 aromatic carbocycles. The zero-order valence-corrected chi connectivity index (χ0v) is 20.9. The minimum Gasteiger partial charge on any atom is -0.390 e. The molecule has 0 radical (unpaired) electrons. The maximum atomic E-state index is 13.3. The fourth-order valence-electron chi connectivity index (χ4n) is 9.72. The minimum absolute atomic E-state index is 0.181. The molecule has 9 atom stereocenters. The van der Waals surface area contributed by atoms with Crippen LogP contribution < -0.4 is 0 Å². The van der Waals surface area contributed by atoms with Gasteiger partial charge < -0.3 is 5.11 Å². The highest BCUT2D eigenvalue weighted by Gasteiger charge is 2.62. The highest BCUT2D eigenvalue weighted by atomic mass is 19.1. The van der Waals surface area contributed by atoms with Gasteiger partial charge in [-0.1, -0.05) is 39.3 Å². The van der Waals surface area contributed by atoms with Crippen molar-refractivity contribution in [1.29, 1.82) is 0 Å². The first kappa shape index (κ1) is 22.9. The van der Waals surface area contributed by atoms with E-state index in [0.29, 0.717) is 11.3 Å². The van der Waals surface area contributed by atoms with Crippen molar-refractivity contribution in [2.75, 3.05) is 0 Å². The van der Waals surface area contributed by atoms with Gasteiger partial charge in [-0.05, 0) is 135 Å². The molecule has 0 aliphatic heterocycles. The number of benzene rings is 1. The SMILES string of the molecule is C[C@H]1CC[C@@]2(C)[C@@H](CC[C@@H]3[C@@H]2CC[C@@]2(C)[C@H]3CC[C@@H]2[C@](C)(O)CCc2ccc(F)cc2)C1. The standard InChI is InChI=1S/C30H45FO/c1-20-13-16-28(2)22(19-20)7-10-24-25-11-12-27(29(25,3)17-15-26(24)28)30(4,32)18-14-21-5-8-23(31)9-6-21/h5-6,8-9,20,22,24-27,32H,7,10-19H2,1-4H3/t20-,22-,24-,25-,26-,27-,28-,29-,30+/m0/s1. The Kier molecular flexibility index (Phi) is 5.79. The summed E-state index contributed by atoms with van der Waals surface area (Å²) >= 11 is 0. The molecule has 1 nitrogen and oxygen atoms in total. The Balaban J connectivity index is 1.31. The Morgan fingerprint density at radius 3 is 2.38 bits per heavy atom. The van der Waals surface area contributed by atoms with Crippen LogP contribution in [0.2, 0.25) is 0 Å². The third kappa shape index (κ3) is 3.68. The molecule has 0 saturated heterocycles. The summed E-state index contributed by atoms with van der Waals surface area (Å²) in [5.41, 5.74) is 1.33. The molecule has 0 heterocycles. The van der Waals surface area contributed by atoms with E-state index in [-0.39, 0.29) is 11.2 Å². The smallest absolute Gasteiger partial charge is 0.123 e. The number of fused-ring (bicyclic) bond motifs is 5. The maximum Gasteiger partial charge on any atom is 0.123 e. The quantitative estimate of drug-likeness (QED) is 0.506. The van der Waals surface area contributed by atoms with Gasteiger partial charge in [0.1, 0.15) is 5.82 Å². The van der Waals surface area contributed by atoms with Crippen molar-refractivity contribution in [2.24, 2.45) is 46.3 Å². The van der Waals surface area contributed by atoms with Crippen molar-refractivity contribution < 1.29 is 9.50 Å². The molecule has 4 aliphatic carbocycles. The average molecular weight is 441 g/mol. The highest BCUT2D eigenvalue weighted by molar-refractivity contribution is 5.17. The molecular formula is C30H45FO. The molecule has 4 saturated carbocycles. The van der Waals surface area contributed by atoms with Crippen LogP contribution in [-0.2, 0) is 6.42 Å². The van der Waals surface area contributed by atoms with Crippen molar-refractivity contribution in [1.82, 2.24) is 0 Å². The molecule has 4 fully saturated rings. The third-order valence-electron chi connectivity index (χ3n) is 11.5. The monoisotopic (exact) mass is 440 g/mol. The Hall–Kier alpha value is -0.890. The van der Waals surface area contributed by atoms with Crippen LogP contribution in [0.4, 0.5) is 4.39 Å². The predicted molar refractivity (Wildman–Crippen MR) is 130 cm³/mol. The van der Waals surface area contributed by atoms with Gasteiger partial charge in [0.2, 0.25) is 0 Å². The summed E-state index contributed by atoms with van der Waals surface area (Å²) < 4.78 is 13.3. The largest absolute Gasteiger partial charge is 0.390 e. The zero-order chi connectivity index (χ0) is 22.7. The minimum atomic E-state index is -0.647. The van der Waals surface area contributed by atoms with Gasteiger partial charge in [0.25, 0.3) is 0 Å². The molecule has 32 heavy (non-hydrogen) atoms. The normalized spacial score (nSPS) is 45.4. The molecule has 0 spiro atoms. The van der Waals surface area contributed by atoms with Crippen LogP contribution in [0.1, 0.15) is 97.5 Å². The third-order valence-corrected chi connectivity index (χ3v) is 11.5. The number of rotatable bonds is 4. The fourth-order valence-corrected chi connectivity index (χ4v) is 9.72. The zero-order valence-electron chi connectivity index (χ0n) is 20.9. The van der Waals surface area contributed by atoms with E-state index in [1.165, 1.54) is 57.8 Å². The lowest BCUT2D eigenvalue weighted by Gasteiger charge is -2.61. The Morgan fingerprint density at radius 1 is 0.938 bits per heavy atom. The summed E-state index contributed by atoms with van der Waals surface area (Å²) in [4.78, 5) is 0. The van der Waals surface area contributed by atoms with Gasteiger partial charge in [0, 0.05) is 0 Å². The lowest BCUT2D eigenvalue weighted by Crippen LogP contribution is -2.55. The summed E-state index contributed by atoms with van der Waals surface area (Å²) in [5, 5.41) is 11.7. The highest BCUT2D eigenvalue weighted by Crippen LogP contribution is 2.69. The molecule has 0 unspecified atom stereocenters. The Morgan fingerprint density at radius 2 is 1.62 bits per heavy atom. The van der Waals surface area contributed by atoms with Crippen molar-refractivity contribution in [2.45, 2.75) is 104 Å². The summed E-state index contributed by atoms with van der Waals surface area (Å²) in [6.45, 7) is 9.77. The topological polar surface area (TPSA) is 20.2 Å². The van der Waals surface area contributed by atoms with Crippen molar-refractivity contribution in [3.63, 3.8) is 0 Å². The number of hydrogen-bond donors (Lipinski definition) is 1. The molecule has 2 heteroatoms. The van der Waals surface area contributed by atoms with Crippen LogP contribution in [0.3, 0.4) is 0 Å². The van der Waals surface area contributed by atoms with Crippen LogP contribution in [0.15, 0.2) is 24.3 Å². The van der Waals surface area contributed by atoms with Crippen LogP contribution in [0, 0.1) is 52.2 Å². The molecule has 5 rings (SSSR count). The fraction of sp³-hybridized carbons (Fsp3) is 0.800. The van der Waals surface area contributed by atoms with Crippen molar-refractivity contribution in [3.05, 3.63) is 35.6 Å². The lowest BCUT2D eigenvalue weighted by atomic mass is 9.44. The summed E-state index contributed by atoms with van der Waals surface area (Å²) in [5.74, 6) is 4.66. The first-order valence-electron chi connectivity index (χ1n) is 13.6. The van der Waals surface area contributed by atoms with Gasteiger partial charge in [-0.15, -0.1) is 0 Å². The molecule has 178 valence electrons. The van der Waals surface area contributed by atoms with Crippen LogP contribution in [0.5, 0.6) is 0 Å². The van der Waals surface area contributed by atoms with Gasteiger partial charge in [-0.2, -0.15) is 0 Å². The Labute approximate surface area is 195 Å². The Bertz CT molecular complexity index is 815. The first-order chi connectivity index (χ1) is 15.1. The number of halogens is 1. The van der Waals surface area contributed by atoms with Gasteiger partial charge >= 0.3 is 0 Å². The van der Waals surface area contributed by atoms with Gasteiger partial charge in [-0.25, -0.2) is 4.39 Å². The second-order valence-corrected chi connectivity index (χ2v) is 13.2. The molecule has 4 aliphatic rings. The second-order valence-electron chi connectivity index (χ2n) is 13.2. The van der Waals surface area contributed by atoms with E-state index in [1.807, 2.05) is 12.1 Å². The van der Waals surface area contributed by atoms with Crippen LogP contribution in [-0.4, -0.2) is 10.7 Å². The summed E-state index contributed by atoms with van der Waals surface area (Å²) in [6, 6.07) is 6.84. The van der Waals surface area contributed by atoms with E-state index in [0.717, 1.165) is 48.0 Å². The predicted octanol–water partition coefficient (Wildman–Crippen LogP) is 7.80. The van der Waals surface area contributed by atoms with E-state index in [4.69, 9.17) is 0 Å². The molecule has 1 aromatic rings. The van der Waals surface area contributed by atoms with Crippen molar-refractivity contribution in [3.8, 4) is 0 Å². The number of aliphatic hydroxyl groups is 1. The lowest BCUT2D eigenvalue weighted by molar-refractivity contribution is -0.138. The van der Waals surface area contributed by atoms with E-state index < -0.39 is 5.60 Å². The summed E-state index contributed by atoms with van der Waals surface area (Å²) in [7, 11) is 0. The van der Waals surface area contributed by atoms with Gasteiger partial charge in [0.15, 0.2) is 0 Å². The van der Waals surface area contributed by atoms with Crippen LogP contribution >= 0.6 is 0 Å². The molecule has 0 amide bonds. The molecular weight excluding hydrogens is 395 g/mol. The van der Waals surface area contributed by atoms with E-state index in [9.17, 15) is 9.50 Å². The second kappa shape index (κ2) is 8.10. The molecule has 1 N–H and O–H groups in total. The van der Waals surface area contributed by atoms with E-state index in [1.54, 1.807) is 12.1 Å². The number of hydrogen-bond acceptors (Lipinski definition) is 1. The van der Waals surface area contributed by atoms with E-state index in [2.05, 4.69) is 27.7 Å². The molecule has 0 bridgehead atoms. The van der Waals surface area contributed by atoms with E-state index >= 15 is 0 Å². The summed E-state index contributed by atoms with van der Waals surface area (Å²) in [6.07, 6.45) is 14.0. The first-order valence-corrected chi connectivity index (χ1v) is 13.6. The van der Waals surface area contributed by atoms with Gasteiger partial charge in [-0.3, -0.25) is 0 Å². The van der Waals surface area contributed by atoms with Crippen molar-refractivity contribution >= 4 is 0 Å². The molecule has 0 aromatic heterocycles. The maximum absolute atomic E-state index is 13.3.